The third kappa shape index (κ3) is 2.01. The monoisotopic (exact) mass is 297 g/mol. The molecule has 0 radical (unpaired) electrons. The molecule has 0 amide bonds. The fourth-order valence-corrected chi connectivity index (χ4v) is 2.77. The average Bonchev–Trinajstić information content (AvgIpc) is 2.96. The van der Waals surface area contributed by atoms with Crippen LogP contribution in [0, 0.1) is 0 Å². The number of nitrogens with zero attached hydrogens (tertiary/aromatic N) is 3. The first-order chi connectivity index (χ1) is 9.93. The number of imidazole rings is 1. The number of hydrogen-bond donors (Lipinski definition) is 3. The van der Waals surface area contributed by atoms with Gasteiger partial charge in [0, 0.05) is 6.42 Å². The fraction of sp³-hybridized carbons (Fsp3) is 0.583. The Morgan fingerprint density at radius 2 is 2.19 bits per heavy atom. The van der Waals surface area contributed by atoms with Crippen molar-refractivity contribution in [2.45, 2.75) is 24.9 Å². The molecule has 1 saturated heterocycles. The number of nitrogens with one attached hydrogen (secondary N) is 1. The van der Waals surface area contributed by atoms with E-state index in [1.165, 1.54) is 4.57 Å². The van der Waals surface area contributed by atoms with Crippen LogP contribution in [0.25, 0.3) is 11.2 Å². The molecule has 2 aromatic heterocycles. The molecule has 2 aromatic rings. The van der Waals surface area contributed by atoms with Gasteiger partial charge in [0.25, 0.3) is 11.2 Å². The summed E-state index contributed by atoms with van der Waals surface area (Å²) in [6.45, 7) is -0.289. The zero-order chi connectivity index (χ0) is 15.3. The summed E-state index contributed by atoms with van der Waals surface area (Å²) >= 11 is 0. The number of hydrogen-bond acceptors (Lipinski definition) is 5. The first-order valence-electron chi connectivity index (χ1n) is 6.58. The second-order valence-electron chi connectivity index (χ2n) is 5.24. The van der Waals surface area contributed by atoms with Crippen LogP contribution in [0.1, 0.15) is 12.6 Å². The van der Waals surface area contributed by atoms with Crippen molar-refractivity contribution in [3.8, 4) is 0 Å². The fourth-order valence-electron chi connectivity index (χ4n) is 2.77. The van der Waals surface area contributed by atoms with E-state index < -0.39 is 29.7 Å². The smallest absolute Gasteiger partial charge is 0.386 e. The van der Waals surface area contributed by atoms with E-state index in [0.29, 0.717) is 11.2 Å². The first-order valence-corrected chi connectivity index (χ1v) is 6.58. The molecule has 3 atom stereocenters. The number of aromatic amines is 1. The van der Waals surface area contributed by atoms with Gasteiger partial charge in [-0.05, 0) is 0 Å². The van der Waals surface area contributed by atoms with E-state index in [4.69, 9.17) is 9.84 Å². The predicted octanol–water partition coefficient (Wildman–Crippen LogP) is -2.51. The molecule has 1 fully saturated rings. The average molecular weight is 297 g/mol. The summed E-state index contributed by atoms with van der Waals surface area (Å²) in [6.07, 6.45) is -0.0984. The lowest BCUT2D eigenvalue weighted by atomic mass is 10.2. The molecule has 21 heavy (non-hydrogen) atoms. The summed E-state index contributed by atoms with van der Waals surface area (Å²) in [5.41, 5.74) is -0.263. The van der Waals surface area contributed by atoms with E-state index in [1.807, 2.05) is 0 Å². The van der Waals surface area contributed by atoms with Gasteiger partial charge in [0.05, 0.1) is 26.8 Å². The molecule has 3 rings (SSSR count). The minimum absolute atomic E-state index is 0.274. The Bertz CT molecular complexity index is 804. The van der Waals surface area contributed by atoms with Crippen LogP contribution in [0.15, 0.2) is 15.9 Å². The maximum absolute atomic E-state index is 12.0. The van der Waals surface area contributed by atoms with Gasteiger partial charge in [0.2, 0.25) is 5.52 Å². The summed E-state index contributed by atoms with van der Waals surface area (Å²) < 4.78 is 10.1. The molecule has 1 aliphatic rings. The normalized spacial score (nSPS) is 25.8. The number of aromatic nitrogens is 4. The lowest BCUT2D eigenvalue weighted by molar-refractivity contribution is -0.740. The summed E-state index contributed by atoms with van der Waals surface area (Å²) in [4.78, 5) is 26.0. The highest BCUT2D eigenvalue weighted by Crippen LogP contribution is 2.25. The Hall–Kier alpha value is -1.97. The van der Waals surface area contributed by atoms with Crippen molar-refractivity contribution in [1.29, 1.82) is 0 Å². The van der Waals surface area contributed by atoms with E-state index in [0.717, 1.165) is 0 Å². The molecule has 9 nitrogen and oxygen atoms in total. The van der Waals surface area contributed by atoms with Crippen molar-refractivity contribution in [1.82, 2.24) is 14.1 Å². The first kappa shape index (κ1) is 14.0. The van der Waals surface area contributed by atoms with E-state index in [1.54, 1.807) is 29.6 Å². The second kappa shape index (κ2) is 4.79. The van der Waals surface area contributed by atoms with Crippen molar-refractivity contribution in [2.24, 2.45) is 14.1 Å². The number of H-pyrrole nitrogens is 1. The molecule has 1 aliphatic heterocycles. The lowest BCUT2D eigenvalue weighted by Gasteiger charge is -2.10. The van der Waals surface area contributed by atoms with Gasteiger partial charge in [-0.2, -0.15) is 0 Å². The Morgan fingerprint density at radius 3 is 2.81 bits per heavy atom. The molecule has 0 saturated carbocycles. The summed E-state index contributed by atoms with van der Waals surface area (Å²) in [5.74, 6) is 0. The largest absolute Gasteiger partial charge is 0.394 e. The van der Waals surface area contributed by atoms with E-state index >= 15 is 0 Å². The molecule has 0 aliphatic carbocycles. The third-order valence-corrected chi connectivity index (χ3v) is 3.86. The van der Waals surface area contributed by atoms with Crippen LogP contribution in [0.5, 0.6) is 0 Å². The topological polar surface area (TPSA) is 113 Å². The summed E-state index contributed by atoms with van der Waals surface area (Å²) in [5, 5.41) is 19.0. The highest BCUT2D eigenvalue weighted by atomic mass is 16.5. The van der Waals surface area contributed by atoms with E-state index in [9.17, 15) is 14.7 Å². The van der Waals surface area contributed by atoms with Crippen LogP contribution < -0.4 is 15.8 Å². The molecule has 0 bridgehead atoms. The zero-order valence-electron chi connectivity index (χ0n) is 11.7. The number of aliphatic hydroxyl groups excluding tert-OH is 2. The number of aryl methyl sites for hydroxylation is 2. The van der Waals surface area contributed by atoms with Gasteiger partial charge in [-0.3, -0.25) is 14.3 Å². The minimum Gasteiger partial charge on any atom is -0.394 e. The Morgan fingerprint density at radius 1 is 1.48 bits per heavy atom. The van der Waals surface area contributed by atoms with Crippen LogP contribution in [-0.2, 0) is 18.8 Å². The van der Waals surface area contributed by atoms with Crippen LogP contribution in [0.3, 0.4) is 0 Å². The minimum atomic E-state index is -0.790. The number of aliphatic hydroxyl groups is 2. The molecular weight excluding hydrogens is 280 g/mol. The summed E-state index contributed by atoms with van der Waals surface area (Å²) in [6, 6.07) is 0. The molecule has 3 heterocycles. The molecule has 0 unspecified atom stereocenters. The highest BCUT2D eigenvalue weighted by Gasteiger charge is 2.38. The maximum atomic E-state index is 12.0. The Kier molecular flexibility index (Phi) is 3.19. The Balaban J connectivity index is 2.21. The van der Waals surface area contributed by atoms with Crippen molar-refractivity contribution >= 4 is 11.2 Å². The number of ether oxygens (including phenoxy) is 1. The van der Waals surface area contributed by atoms with Gasteiger partial charge in [0.15, 0.2) is 12.6 Å². The maximum Gasteiger partial charge on any atom is 0.386 e. The zero-order valence-corrected chi connectivity index (χ0v) is 11.7. The molecular formula is C12H17N4O5+. The van der Waals surface area contributed by atoms with Gasteiger partial charge in [-0.25, -0.2) is 13.9 Å². The van der Waals surface area contributed by atoms with Gasteiger partial charge in [0.1, 0.15) is 6.10 Å². The van der Waals surface area contributed by atoms with E-state index in [-0.39, 0.29) is 13.0 Å². The number of rotatable bonds is 2. The van der Waals surface area contributed by atoms with Crippen LogP contribution in [0.4, 0.5) is 0 Å². The lowest BCUT2D eigenvalue weighted by Crippen LogP contribution is -2.43. The second-order valence-corrected chi connectivity index (χ2v) is 5.24. The van der Waals surface area contributed by atoms with Crippen LogP contribution in [-0.4, -0.2) is 43.1 Å². The molecule has 0 aromatic carbocycles. The van der Waals surface area contributed by atoms with Crippen molar-refractivity contribution in [3.05, 3.63) is 27.2 Å². The molecule has 0 spiro atoms. The molecule has 9 heteroatoms. The summed E-state index contributed by atoms with van der Waals surface area (Å²) in [7, 11) is 3.24. The number of fused-ring (bicyclic) bond motifs is 1. The SMILES string of the molecule is Cn1c[n+]([C@H]2C[C@H](O)[C@@H](CO)O2)c2c1c(=O)[nH]c(=O)n2C. The van der Waals surface area contributed by atoms with Crippen molar-refractivity contribution < 1.29 is 19.5 Å². The van der Waals surface area contributed by atoms with Crippen LogP contribution in [0.2, 0.25) is 0 Å². The highest BCUT2D eigenvalue weighted by molar-refractivity contribution is 5.66. The third-order valence-electron chi connectivity index (χ3n) is 3.86. The molecule has 3 N–H and O–H groups in total. The van der Waals surface area contributed by atoms with Crippen molar-refractivity contribution in [2.75, 3.05) is 6.61 Å². The van der Waals surface area contributed by atoms with Crippen molar-refractivity contribution in [3.63, 3.8) is 0 Å². The molecule has 114 valence electrons. The predicted molar refractivity (Wildman–Crippen MR) is 70.6 cm³/mol. The Labute approximate surface area is 118 Å². The van der Waals surface area contributed by atoms with E-state index in [2.05, 4.69) is 4.98 Å². The quantitative estimate of drug-likeness (QED) is 0.530. The standard InChI is InChI=1S/C12H16N4O5/c1-14-5-16(8-3-6(18)7(4-17)21-8)11-9(14)10(19)13-12(20)15(11)2/h5-8,17-18H,3-4H2,1-2H3/p+1/t6-,7+,8+/m0/s1. The van der Waals surface area contributed by atoms with Gasteiger partial charge in [-0.15, -0.1) is 0 Å². The van der Waals surface area contributed by atoms with Gasteiger partial charge in [-0.1, -0.05) is 0 Å². The van der Waals surface area contributed by atoms with Gasteiger partial charge >= 0.3 is 5.69 Å². The van der Waals surface area contributed by atoms with Crippen LogP contribution >= 0.6 is 0 Å². The van der Waals surface area contributed by atoms with Gasteiger partial charge < -0.3 is 14.9 Å².